The van der Waals surface area contributed by atoms with E-state index in [9.17, 15) is 4.79 Å². The molecular weight excluding hydrogens is 318 g/mol. The minimum absolute atomic E-state index is 0.0155. The first-order chi connectivity index (χ1) is 12.0. The van der Waals surface area contributed by atoms with Crippen LogP contribution in [0, 0.1) is 6.92 Å². The molecule has 0 aliphatic carbocycles. The summed E-state index contributed by atoms with van der Waals surface area (Å²) in [5.41, 5.74) is 19.0. The van der Waals surface area contributed by atoms with Crippen molar-refractivity contribution < 1.29 is 14.3 Å². The van der Waals surface area contributed by atoms with Crippen LogP contribution < -0.4 is 21.9 Å². The topological polar surface area (TPSA) is 114 Å². The Balaban J connectivity index is 2.36. The second-order valence-electron chi connectivity index (χ2n) is 6.36. The van der Waals surface area contributed by atoms with Gasteiger partial charge in [0.05, 0.1) is 6.73 Å². The van der Waals surface area contributed by atoms with E-state index < -0.39 is 0 Å². The number of primary amides is 1. The lowest BCUT2D eigenvalue weighted by Crippen LogP contribution is -2.28. The summed E-state index contributed by atoms with van der Waals surface area (Å²) in [5.74, 6) is 0.667. The maximum atomic E-state index is 10.7. The number of benzene rings is 1. The monoisotopic (exact) mass is 351 g/mol. The van der Waals surface area contributed by atoms with Crippen molar-refractivity contribution in [1.82, 2.24) is 0 Å². The van der Waals surface area contributed by atoms with Crippen LogP contribution in [0.2, 0.25) is 0 Å². The highest BCUT2D eigenvalue weighted by Crippen LogP contribution is 2.23. The van der Waals surface area contributed by atoms with Gasteiger partial charge in [0.25, 0.3) is 0 Å². The molecule has 6 nitrogen and oxygen atoms in total. The molecule has 0 radical (unpaired) electrons. The van der Waals surface area contributed by atoms with Crippen LogP contribution >= 0.6 is 0 Å². The minimum atomic E-state index is -0.225. The number of amides is 1. The van der Waals surface area contributed by atoms with Crippen molar-refractivity contribution in [1.29, 1.82) is 0 Å². The SMILES string of the molecule is Cc1c(CCCCCC(N)=O)cccc1OC[C@@H](N)CCCOCN. The fourth-order valence-corrected chi connectivity index (χ4v) is 2.69. The zero-order chi connectivity index (χ0) is 18.5. The third-order valence-corrected chi connectivity index (χ3v) is 4.20. The average Bonchev–Trinajstić information content (AvgIpc) is 2.58. The van der Waals surface area contributed by atoms with Crippen LogP contribution in [0.25, 0.3) is 0 Å². The van der Waals surface area contributed by atoms with E-state index in [0.29, 0.717) is 19.6 Å². The van der Waals surface area contributed by atoms with Gasteiger partial charge >= 0.3 is 0 Å². The molecule has 0 spiro atoms. The van der Waals surface area contributed by atoms with E-state index in [1.165, 1.54) is 5.56 Å². The molecule has 0 aromatic heterocycles. The van der Waals surface area contributed by atoms with Gasteiger partial charge in [-0.05, 0) is 56.2 Å². The lowest BCUT2D eigenvalue weighted by Gasteiger charge is -2.16. The second-order valence-corrected chi connectivity index (χ2v) is 6.36. The summed E-state index contributed by atoms with van der Waals surface area (Å²) in [6.07, 6.45) is 6.07. The Bertz CT molecular complexity index is 509. The molecule has 1 rings (SSSR count). The van der Waals surface area contributed by atoms with Crippen molar-refractivity contribution in [3.63, 3.8) is 0 Å². The molecule has 1 atom stereocenters. The molecule has 6 N–H and O–H groups in total. The maximum absolute atomic E-state index is 10.7. The van der Waals surface area contributed by atoms with Crippen molar-refractivity contribution >= 4 is 5.91 Å². The molecule has 0 aliphatic rings. The summed E-state index contributed by atoms with van der Waals surface area (Å²) in [4.78, 5) is 10.7. The van der Waals surface area contributed by atoms with Gasteiger partial charge in [-0.2, -0.15) is 0 Å². The molecule has 6 heteroatoms. The Hall–Kier alpha value is -1.63. The zero-order valence-corrected chi connectivity index (χ0v) is 15.3. The lowest BCUT2D eigenvalue weighted by molar-refractivity contribution is -0.118. The molecule has 25 heavy (non-hydrogen) atoms. The summed E-state index contributed by atoms with van der Waals surface area (Å²) in [6.45, 7) is 3.45. The highest BCUT2D eigenvalue weighted by atomic mass is 16.5. The molecule has 0 saturated carbocycles. The van der Waals surface area contributed by atoms with Crippen LogP contribution in [0.5, 0.6) is 5.75 Å². The number of nitrogens with two attached hydrogens (primary N) is 3. The summed E-state index contributed by atoms with van der Waals surface area (Å²) < 4.78 is 11.0. The number of carbonyl (C=O) groups excluding carboxylic acids is 1. The van der Waals surface area contributed by atoms with Crippen LogP contribution in [0.1, 0.15) is 49.7 Å². The van der Waals surface area contributed by atoms with E-state index in [4.69, 9.17) is 26.7 Å². The van der Waals surface area contributed by atoms with Gasteiger partial charge in [-0.15, -0.1) is 0 Å². The standard InChI is InChI=1S/C19H33N3O3/c1-15-16(7-3-2-4-11-19(22)23)8-5-10-18(15)25-13-17(21)9-6-12-24-14-20/h5,8,10,17H,2-4,6-7,9,11-14,20-21H2,1H3,(H2,22,23)/t17-/m0/s1. The maximum Gasteiger partial charge on any atom is 0.217 e. The third-order valence-electron chi connectivity index (χ3n) is 4.20. The van der Waals surface area contributed by atoms with Crippen LogP contribution in [-0.4, -0.2) is 31.9 Å². The largest absolute Gasteiger partial charge is 0.492 e. The number of hydrogen-bond acceptors (Lipinski definition) is 5. The molecule has 0 aliphatic heterocycles. The first kappa shape index (κ1) is 21.4. The first-order valence-electron chi connectivity index (χ1n) is 9.07. The molecule has 1 amide bonds. The Morgan fingerprint density at radius 1 is 1.20 bits per heavy atom. The number of hydrogen-bond donors (Lipinski definition) is 3. The van der Waals surface area contributed by atoms with Gasteiger partial charge < -0.3 is 26.7 Å². The predicted molar refractivity (Wildman–Crippen MR) is 100 cm³/mol. The fourth-order valence-electron chi connectivity index (χ4n) is 2.69. The lowest BCUT2D eigenvalue weighted by atomic mass is 10.0. The van der Waals surface area contributed by atoms with Crippen molar-refractivity contribution in [2.24, 2.45) is 17.2 Å². The number of rotatable bonds is 14. The van der Waals surface area contributed by atoms with Crippen LogP contribution in [0.15, 0.2) is 18.2 Å². The van der Waals surface area contributed by atoms with Crippen molar-refractivity contribution in [3.05, 3.63) is 29.3 Å². The number of aryl methyl sites for hydroxylation is 1. The highest BCUT2D eigenvalue weighted by molar-refractivity contribution is 5.73. The average molecular weight is 351 g/mol. The highest BCUT2D eigenvalue weighted by Gasteiger charge is 2.08. The van der Waals surface area contributed by atoms with E-state index in [1.807, 2.05) is 12.1 Å². The minimum Gasteiger partial charge on any atom is -0.492 e. The number of carbonyl (C=O) groups is 1. The van der Waals surface area contributed by atoms with Gasteiger partial charge in [-0.25, -0.2) is 0 Å². The van der Waals surface area contributed by atoms with E-state index in [-0.39, 0.29) is 18.7 Å². The van der Waals surface area contributed by atoms with E-state index in [2.05, 4.69) is 13.0 Å². The third kappa shape index (κ3) is 9.43. The Labute approximate surface area is 151 Å². The second kappa shape index (κ2) is 12.7. The molecule has 142 valence electrons. The van der Waals surface area contributed by atoms with Gasteiger partial charge in [0.2, 0.25) is 5.91 Å². The summed E-state index contributed by atoms with van der Waals surface area (Å²) >= 11 is 0. The van der Waals surface area contributed by atoms with E-state index in [1.54, 1.807) is 0 Å². The first-order valence-corrected chi connectivity index (χ1v) is 9.07. The normalized spacial score (nSPS) is 12.1. The van der Waals surface area contributed by atoms with E-state index in [0.717, 1.165) is 49.8 Å². The quantitative estimate of drug-likeness (QED) is 0.350. The van der Waals surface area contributed by atoms with Crippen LogP contribution in [0.4, 0.5) is 0 Å². The number of ether oxygens (including phenoxy) is 2. The van der Waals surface area contributed by atoms with E-state index >= 15 is 0 Å². The Morgan fingerprint density at radius 3 is 2.72 bits per heavy atom. The van der Waals surface area contributed by atoms with Crippen LogP contribution in [0.3, 0.4) is 0 Å². The summed E-state index contributed by atoms with van der Waals surface area (Å²) in [6, 6.07) is 6.11. The molecule has 1 aromatic carbocycles. The molecule has 0 bridgehead atoms. The summed E-state index contributed by atoms with van der Waals surface area (Å²) in [7, 11) is 0. The van der Waals surface area contributed by atoms with Gasteiger partial charge in [0.1, 0.15) is 12.4 Å². The zero-order valence-electron chi connectivity index (χ0n) is 15.3. The van der Waals surface area contributed by atoms with Crippen molar-refractivity contribution in [2.75, 3.05) is 19.9 Å². The fraction of sp³-hybridized carbons (Fsp3) is 0.632. The molecule has 0 saturated heterocycles. The van der Waals surface area contributed by atoms with Crippen LogP contribution in [-0.2, 0) is 16.0 Å². The predicted octanol–water partition coefficient (Wildman–Crippen LogP) is 2.00. The number of unbranched alkanes of at least 4 members (excludes halogenated alkanes) is 2. The van der Waals surface area contributed by atoms with Gasteiger partial charge in [0.15, 0.2) is 0 Å². The van der Waals surface area contributed by atoms with Crippen molar-refractivity contribution in [3.8, 4) is 5.75 Å². The van der Waals surface area contributed by atoms with Gasteiger partial charge in [-0.1, -0.05) is 18.6 Å². The molecule has 0 fully saturated rings. The molecule has 0 unspecified atom stereocenters. The van der Waals surface area contributed by atoms with Gasteiger partial charge in [-0.3, -0.25) is 4.79 Å². The molecular formula is C19H33N3O3. The Morgan fingerprint density at radius 2 is 2.00 bits per heavy atom. The Kier molecular flexibility index (Phi) is 10.9. The summed E-state index contributed by atoms with van der Waals surface area (Å²) in [5, 5.41) is 0. The van der Waals surface area contributed by atoms with Gasteiger partial charge in [0, 0.05) is 19.1 Å². The molecule has 0 heterocycles. The molecule has 1 aromatic rings. The van der Waals surface area contributed by atoms with Crippen molar-refractivity contribution in [2.45, 2.75) is 57.9 Å². The smallest absolute Gasteiger partial charge is 0.217 e.